The molecule has 0 heterocycles. The molecule has 0 aromatic heterocycles. The third kappa shape index (κ3) is 3.56. The smallest absolute Gasteiger partial charge is 0.335 e. The van der Waals surface area contributed by atoms with Crippen molar-refractivity contribution >= 4 is 16.0 Å². The summed E-state index contributed by atoms with van der Waals surface area (Å²) in [6.45, 7) is 4.65. The van der Waals surface area contributed by atoms with Crippen LogP contribution >= 0.6 is 0 Å². The van der Waals surface area contributed by atoms with Crippen molar-refractivity contribution in [3.8, 4) is 0 Å². The van der Waals surface area contributed by atoms with Crippen molar-refractivity contribution in [3.63, 3.8) is 0 Å². The van der Waals surface area contributed by atoms with Crippen LogP contribution in [0.1, 0.15) is 34.8 Å². The highest BCUT2D eigenvalue weighted by atomic mass is 32.2. The Morgan fingerprint density at radius 3 is 2.35 bits per heavy atom. The van der Waals surface area contributed by atoms with Crippen LogP contribution in [0.25, 0.3) is 0 Å². The largest absolute Gasteiger partial charge is 0.478 e. The highest BCUT2D eigenvalue weighted by Crippen LogP contribution is 2.21. The molecule has 0 fully saturated rings. The standard InChI is InChI=1S/C13H19NO5S/c1-4-10(7-15)14-20(18,19)12-6-11(13(16)17)8(2)5-9(12)3/h5-6,10,14-15H,4,7H2,1-3H3,(H,16,17)/t10-/m0/s1. The second kappa shape index (κ2) is 6.34. The molecule has 20 heavy (non-hydrogen) atoms. The molecule has 0 aliphatic heterocycles. The van der Waals surface area contributed by atoms with Crippen LogP contribution in [0.5, 0.6) is 0 Å². The number of sulfonamides is 1. The molecule has 0 saturated heterocycles. The second-order valence-electron chi connectivity index (χ2n) is 4.65. The first-order valence-corrected chi connectivity index (χ1v) is 7.69. The average molecular weight is 301 g/mol. The number of carboxylic acids is 1. The van der Waals surface area contributed by atoms with Gasteiger partial charge in [-0.15, -0.1) is 0 Å². The van der Waals surface area contributed by atoms with E-state index in [2.05, 4.69) is 4.72 Å². The van der Waals surface area contributed by atoms with Gasteiger partial charge in [-0.1, -0.05) is 13.0 Å². The minimum Gasteiger partial charge on any atom is -0.478 e. The zero-order chi connectivity index (χ0) is 15.5. The van der Waals surface area contributed by atoms with Gasteiger partial charge in [0.2, 0.25) is 10.0 Å². The monoisotopic (exact) mass is 301 g/mol. The fraction of sp³-hybridized carbons (Fsp3) is 0.462. The van der Waals surface area contributed by atoms with Gasteiger partial charge in [-0.25, -0.2) is 17.9 Å². The van der Waals surface area contributed by atoms with Gasteiger partial charge in [-0.05, 0) is 37.5 Å². The van der Waals surface area contributed by atoms with E-state index in [9.17, 15) is 13.2 Å². The molecule has 0 aliphatic carbocycles. The number of aliphatic hydroxyl groups excluding tert-OH is 1. The summed E-state index contributed by atoms with van der Waals surface area (Å²) in [5.41, 5.74) is 0.920. The number of aliphatic hydroxyl groups is 1. The lowest BCUT2D eigenvalue weighted by molar-refractivity contribution is 0.0696. The van der Waals surface area contributed by atoms with Crippen LogP contribution in [0.2, 0.25) is 0 Å². The summed E-state index contributed by atoms with van der Waals surface area (Å²) in [4.78, 5) is 11.0. The summed E-state index contributed by atoms with van der Waals surface area (Å²) < 4.78 is 26.9. The van der Waals surface area contributed by atoms with Crippen molar-refractivity contribution in [2.75, 3.05) is 6.61 Å². The molecule has 0 saturated carbocycles. The van der Waals surface area contributed by atoms with Crippen LogP contribution in [0.3, 0.4) is 0 Å². The number of carboxylic acid groups (broad SMARTS) is 1. The van der Waals surface area contributed by atoms with E-state index in [-0.39, 0.29) is 17.1 Å². The van der Waals surface area contributed by atoms with E-state index in [1.807, 2.05) is 0 Å². The average Bonchev–Trinajstić information content (AvgIpc) is 2.35. The summed E-state index contributed by atoms with van der Waals surface area (Å²) in [5.74, 6) is -1.17. The van der Waals surface area contributed by atoms with E-state index in [1.54, 1.807) is 20.8 Å². The van der Waals surface area contributed by atoms with Gasteiger partial charge in [0.05, 0.1) is 17.1 Å². The minimum absolute atomic E-state index is 0.0481. The summed E-state index contributed by atoms with van der Waals surface area (Å²) in [5, 5.41) is 18.1. The SMILES string of the molecule is CC[C@@H](CO)NS(=O)(=O)c1cc(C(=O)O)c(C)cc1C. The molecular weight excluding hydrogens is 282 g/mol. The number of aromatic carboxylic acids is 1. The van der Waals surface area contributed by atoms with Gasteiger partial charge < -0.3 is 10.2 Å². The number of nitrogens with one attached hydrogen (secondary N) is 1. The van der Waals surface area contributed by atoms with E-state index in [4.69, 9.17) is 10.2 Å². The van der Waals surface area contributed by atoms with Crippen molar-refractivity contribution < 1.29 is 23.4 Å². The number of hydrogen-bond donors (Lipinski definition) is 3. The molecule has 0 aliphatic rings. The fourth-order valence-electron chi connectivity index (χ4n) is 1.88. The third-order valence-electron chi connectivity index (χ3n) is 3.08. The minimum atomic E-state index is -3.86. The molecule has 0 bridgehead atoms. The Morgan fingerprint density at radius 1 is 1.30 bits per heavy atom. The number of hydrogen-bond acceptors (Lipinski definition) is 4. The summed E-state index contributed by atoms with van der Waals surface area (Å²) in [7, 11) is -3.86. The van der Waals surface area contributed by atoms with Gasteiger partial charge in [-0.2, -0.15) is 0 Å². The van der Waals surface area contributed by atoms with Crippen LogP contribution in [-0.4, -0.2) is 37.2 Å². The molecule has 112 valence electrons. The first-order valence-electron chi connectivity index (χ1n) is 6.20. The van der Waals surface area contributed by atoms with Crippen molar-refractivity contribution in [1.29, 1.82) is 0 Å². The van der Waals surface area contributed by atoms with Gasteiger partial charge in [0.1, 0.15) is 0 Å². The number of aryl methyl sites for hydroxylation is 2. The lowest BCUT2D eigenvalue weighted by atomic mass is 10.1. The highest BCUT2D eigenvalue weighted by Gasteiger charge is 2.23. The fourth-order valence-corrected chi connectivity index (χ4v) is 3.45. The van der Waals surface area contributed by atoms with Crippen LogP contribution < -0.4 is 4.72 Å². The van der Waals surface area contributed by atoms with E-state index < -0.39 is 22.0 Å². The van der Waals surface area contributed by atoms with Crippen molar-refractivity contribution in [1.82, 2.24) is 4.72 Å². The Labute approximate surface area is 118 Å². The maximum atomic E-state index is 12.3. The summed E-state index contributed by atoms with van der Waals surface area (Å²) in [6, 6.07) is 2.09. The van der Waals surface area contributed by atoms with E-state index in [1.165, 1.54) is 6.07 Å². The Bertz CT molecular complexity index is 605. The lowest BCUT2D eigenvalue weighted by Crippen LogP contribution is -2.37. The molecule has 1 aromatic rings. The van der Waals surface area contributed by atoms with E-state index >= 15 is 0 Å². The third-order valence-corrected chi connectivity index (χ3v) is 4.74. The van der Waals surface area contributed by atoms with Gasteiger partial charge in [-0.3, -0.25) is 0 Å². The summed E-state index contributed by atoms with van der Waals surface area (Å²) in [6.07, 6.45) is 0.437. The first-order chi connectivity index (χ1) is 9.22. The van der Waals surface area contributed by atoms with Crippen molar-refractivity contribution in [2.45, 2.75) is 38.1 Å². The molecule has 6 nitrogen and oxygen atoms in total. The van der Waals surface area contributed by atoms with E-state index in [0.717, 1.165) is 6.07 Å². The molecule has 7 heteroatoms. The zero-order valence-corrected chi connectivity index (χ0v) is 12.5. The molecule has 3 N–H and O–H groups in total. The molecular formula is C13H19NO5S. The Hall–Kier alpha value is -1.44. The topological polar surface area (TPSA) is 104 Å². The molecule has 0 radical (unpaired) electrons. The van der Waals surface area contributed by atoms with E-state index in [0.29, 0.717) is 17.5 Å². The van der Waals surface area contributed by atoms with Gasteiger partial charge in [0.25, 0.3) is 0 Å². The highest BCUT2D eigenvalue weighted by molar-refractivity contribution is 7.89. The van der Waals surface area contributed by atoms with Crippen LogP contribution in [0.15, 0.2) is 17.0 Å². The maximum absolute atomic E-state index is 12.3. The van der Waals surface area contributed by atoms with Crippen molar-refractivity contribution in [3.05, 3.63) is 28.8 Å². The molecule has 1 atom stereocenters. The number of rotatable bonds is 6. The molecule has 0 spiro atoms. The zero-order valence-electron chi connectivity index (χ0n) is 11.7. The normalized spacial score (nSPS) is 13.2. The molecule has 0 amide bonds. The number of carbonyl (C=O) groups is 1. The lowest BCUT2D eigenvalue weighted by Gasteiger charge is -2.16. The summed E-state index contributed by atoms with van der Waals surface area (Å²) >= 11 is 0. The maximum Gasteiger partial charge on any atom is 0.335 e. The Kier molecular flexibility index (Phi) is 5.27. The Balaban J connectivity index is 3.31. The molecule has 0 unspecified atom stereocenters. The Morgan fingerprint density at radius 2 is 1.90 bits per heavy atom. The molecule has 1 aromatic carbocycles. The first kappa shape index (κ1) is 16.6. The molecule has 1 rings (SSSR count). The number of benzene rings is 1. The van der Waals surface area contributed by atoms with Gasteiger partial charge in [0, 0.05) is 6.04 Å². The predicted octanol–water partition coefficient (Wildman–Crippen LogP) is 1.05. The quantitative estimate of drug-likeness (QED) is 0.728. The van der Waals surface area contributed by atoms with Crippen LogP contribution in [-0.2, 0) is 10.0 Å². The van der Waals surface area contributed by atoms with Crippen molar-refractivity contribution in [2.24, 2.45) is 0 Å². The second-order valence-corrected chi connectivity index (χ2v) is 6.33. The predicted molar refractivity (Wildman–Crippen MR) is 74.4 cm³/mol. The van der Waals surface area contributed by atoms with Crippen LogP contribution in [0.4, 0.5) is 0 Å². The van der Waals surface area contributed by atoms with Crippen LogP contribution in [0, 0.1) is 13.8 Å². The van der Waals surface area contributed by atoms with Gasteiger partial charge in [0.15, 0.2) is 0 Å². The van der Waals surface area contributed by atoms with Gasteiger partial charge >= 0.3 is 5.97 Å².